The van der Waals surface area contributed by atoms with Gasteiger partial charge in [0.15, 0.2) is 0 Å². The van der Waals surface area contributed by atoms with Crippen molar-refractivity contribution < 1.29 is 4.79 Å². The van der Waals surface area contributed by atoms with Crippen LogP contribution in [0, 0.1) is 0 Å². The number of aromatic nitrogens is 2. The van der Waals surface area contributed by atoms with E-state index in [9.17, 15) is 4.79 Å². The van der Waals surface area contributed by atoms with Gasteiger partial charge in [-0.05, 0) is 25.1 Å². The number of carbonyl (C=O) groups is 1. The highest BCUT2D eigenvalue weighted by molar-refractivity contribution is 5.91. The topological polar surface area (TPSA) is 72.9 Å². The molecule has 0 aliphatic carbocycles. The monoisotopic (exact) mass is 330 g/mol. The van der Waals surface area contributed by atoms with Crippen molar-refractivity contribution >= 4 is 36.4 Å². The van der Waals surface area contributed by atoms with Crippen LogP contribution < -0.4 is 11.1 Å². The highest BCUT2D eigenvalue weighted by Crippen LogP contribution is 2.20. The summed E-state index contributed by atoms with van der Waals surface area (Å²) in [6.45, 7) is 0.529. The van der Waals surface area contributed by atoms with Gasteiger partial charge < -0.3 is 15.6 Å². The van der Waals surface area contributed by atoms with E-state index in [1.807, 2.05) is 42.1 Å². The summed E-state index contributed by atoms with van der Waals surface area (Å²) in [5.74, 6) is 0.862. The van der Waals surface area contributed by atoms with Crippen LogP contribution in [0.4, 0.5) is 5.69 Å². The maximum atomic E-state index is 11.6. The second-order valence-corrected chi connectivity index (χ2v) is 4.38. The Labute approximate surface area is 136 Å². The number of amides is 1. The van der Waals surface area contributed by atoms with Crippen molar-refractivity contribution in [3.05, 3.63) is 36.7 Å². The largest absolute Gasteiger partial charge is 0.334 e. The van der Waals surface area contributed by atoms with Gasteiger partial charge in [0.2, 0.25) is 5.91 Å². The molecule has 1 heterocycles. The molecule has 3 N–H and O–H groups in total. The summed E-state index contributed by atoms with van der Waals surface area (Å²) in [6.07, 6.45) is 4.79. The lowest BCUT2D eigenvalue weighted by Crippen LogP contribution is -2.13. The Hall–Kier alpha value is -1.56. The summed E-state index contributed by atoms with van der Waals surface area (Å²) in [7, 11) is 1.94. The summed E-state index contributed by atoms with van der Waals surface area (Å²) in [5, 5.41) is 2.87. The summed E-state index contributed by atoms with van der Waals surface area (Å²) in [5.41, 5.74) is 7.14. The van der Waals surface area contributed by atoms with Gasteiger partial charge in [-0.3, -0.25) is 4.79 Å². The fourth-order valence-corrected chi connectivity index (χ4v) is 1.87. The highest BCUT2D eigenvalue weighted by atomic mass is 35.5. The molecule has 0 atom stereocenters. The Kier molecular flexibility index (Phi) is 8.69. The number of carbonyl (C=O) groups excluding carboxylic acids is 1. The zero-order chi connectivity index (χ0) is 13.7. The number of nitrogens with one attached hydrogen (secondary N) is 1. The Morgan fingerprint density at radius 3 is 2.76 bits per heavy atom. The molecule has 0 aliphatic heterocycles. The average Bonchev–Trinajstić information content (AvgIpc) is 2.83. The van der Waals surface area contributed by atoms with Crippen molar-refractivity contribution in [2.45, 2.75) is 12.8 Å². The third-order valence-electron chi connectivity index (χ3n) is 2.83. The number of nitrogens with zero attached hydrogens (tertiary/aromatic N) is 2. The van der Waals surface area contributed by atoms with Crippen molar-refractivity contribution in [1.82, 2.24) is 9.55 Å². The van der Waals surface area contributed by atoms with Gasteiger partial charge in [0.1, 0.15) is 5.82 Å². The molecule has 116 valence electrons. The molecule has 2 aromatic rings. The van der Waals surface area contributed by atoms with E-state index in [4.69, 9.17) is 5.73 Å². The molecule has 1 amide bonds. The highest BCUT2D eigenvalue weighted by Gasteiger charge is 2.06. The van der Waals surface area contributed by atoms with Gasteiger partial charge in [-0.2, -0.15) is 0 Å². The van der Waals surface area contributed by atoms with Crippen LogP contribution in [0.5, 0.6) is 0 Å². The molecule has 0 bridgehead atoms. The van der Waals surface area contributed by atoms with E-state index in [-0.39, 0.29) is 30.7 Å². The van der Waals surface area contributed by atoms with E-state index in [0.717, 1.165) is 17.1 Å². The number of aryl methyl sites for hydroxylation is 1. The van der Waals surface area contributed by atoms with Gasteiger partial charge in [0, 0.05) is 37.1 Å². The fraction of sp³-hybridized carbons (Fsp3) is 0.286. The summed E-state index contributed by atoms with van der Waals surface area (Å²) in [4.78, 5) is 15.9. The number of nitrogens with two attached hydrogens (primary N) is 1. The lowest BCUT2D eigenvalue weighted by atomic mass is 10.2. The molecule has 0 spiro atoms. The Balaban J connectivity index is 0.00000200. The lowest BCUT2D eigenvalue weighted by Gasteiger charge is -2.07. The first kappa shape index (κ1) is 19.4. The summed E-state index contributed by atoms with van der Waals surface area (Å²) < 4.78 is 1.94. The van der Waals surface area contributed by atoms with Crippen LogP contribution in [0.25, 0.3) is 11.4 Å². The normalized spacial score (nSPS) is 9.43. The minimum absolute atomic E-state index is 0. The number of halogens is 2. The van der Waals surface area contributed by atoms with Crippen LogP contribution in [-0.4, -0.2) is 22.0 Å². The van der Waals surface area contributed by atoms with Crippen molar-refractivity contribution in [2.75, 3.05) is 11.9 Å². The molecule has 7 heteroatoms. The van der Waals surface area contributed by atoms with Crippen LogP contribution in [0.1, 0.15) is 12.8 Å². The van der Waals surface area contributed by atoms with Crippen molar-refractivity contribution in [1.29, 1.82) is 0 Å². The van der Waals surface area contributed by atoms with Crippen LogP contribution in [-0.2, 0) is 11.8 Å². The molecule has 0 unspecified atom stereocenters. The van der Waals surface area contributed by atoms with Crippen molar-refractivity contribution in [3.63, 3.8) is 0 Å². The number of hydrogen-bond acceptors (Lipinski definition) is 3. The van der Waals surface area contributed by atoms with E-state index in [1.54, 1.807) is 6.20 Å². The van der Waals surface area contributed by atoms with Gasteiger partial charge in [0.25, 0.3) is 0 Å². The molecular formula is C14H20Cl2N4O. The smallest absolute Gasteiger partial charge is 0.224 e. The molecule has 0 radical (unpaired) electrons. The minimum Gasteiger partial charge on any atom is -0.334 e. The standard InChI is InChI=1S/C14H18N4O.2ClH/c1-18-9-8-16-14(18)11-4-2-5-12(10-11)17-13(19)6-3-7-15;;/h2,4-5,8-10H,3,6-7,15H2,1H3,(H,17,19);2*1H. The molecule has 0 saturated carbocycles. The minimum atomic E-state index is -0.0116. The van der Waals surface area contributed by atoms with E-state index >= 15 is 0 Å². The van der Waals surface area contributed by atoms with Crippen molar-refractivity contribution in [2.24, 2.45) is 12.8 Å². The molecule has 1 aromatic heterocycles. The maximum absolute atomic E-state index is 11.6. The Bertz CT molecular complexity index is 572. The molecule has 1 aromatic carbocycles. The van der Waals surface area contributed by atoms with Gasteiger partial charge in [-0.25, -0.2) is 4.98 Å². The predicted molar refractivity (Wildman–Crippen MR) is 90.1 cm³/mol. The van der Waals surface area contributed by atoms with Crippen LogP contribution >= 0.6 is 24.8 Å². The Morgan fingerprint density at radius 2 is 2.14 bits per heavy atom. The number of benzene rings is 1. The van der Waals surface area contributed by atoms with E-state index in [0.29, 0.717) is 19.4 Å². The lowest BCUT2D eigenvalue weighted by molar-refractivity contribution is -0.116. The fourth-order valence-electron chi connectivity index (χ4n) is 1.87. The molecule has 2 rings (SSSR count). The van der Waals surface area contributed by atoms with Crippen LogP contribution in [0.2, 0.25) is 0 Å². The number of hydrogen-bond donors (Lipinski definition) is 2. The number of rotatable bonds is 5. The SMILES string of the molecule is Cl.Cl.Cn1ccnc1-c1cccc(NC(=O)CCCN)c1. The number of imidazole rings is 1. The first-order chi connectivity index (χ1) is 9.20. The van der Waals surface area contributed by atoms with Gasteiger partial charge in [-0.15, -0.1) is 24.8 Å². The predicted octanol–water partition coefficient (Wildman–Crippen LogP) is 2.61. The zero-order valence-corrected chi connectivity index (χ0v) is 13.4. The van der Waals surface area contributed by atoms with Gasteiger partial charge in [0.05, 0.1) is 0 Å². The molecule has 21 heavy (non-hydrogen) atoms. The Morgan fingerprint density at radius 1 is 1.38 bits per heavy atom. The quantitative estimate of drug-likeness (QED) is 0.884. The molecular weight excluding hydrogens is 311 g/mol. The third-order valence-corrected chi connectivity index (χ3v) is 2.83. The first-order valence-corrected chi connectivity index (χ1v) is 6.28. The molecule has 5 nitrogen and oxygen atoms in total. The average molecular weight is 331 g/mol. The maximum Gasteiger partial charge on any atom is 0.224 e. The third kappa shape index (κ3) is 5.38. The van der Waals surface area contributed by atoms with Crippen LogP contribution in [0.15, 0.2) is 36.7 Å². The first-order valence-electron chi connectivity index (χ1n) is 6.28. The van der Waals surface area contributed by atoms with E-state index in [1.165, 1.54) is 0 Å². The second kappa shape index (κ2) is 9.39. The second-order valence-electron chi connectivity index (χ2n) is 4.38. The van der Waals surface area contributed by atoms with Gasteiger partial charge >= 0.3 is 0 Å². The van der Waals surface area contributed by atoms with Crippen LogP contribution in [0.3, 0.4) is 0 Å². The molecule has 0 aliphatic rings. The van der Waals surface area contributed by atoms with E-state index < -0.39 is 0 Å². The number of anilines is 1. The zero-order valence-electron chi connectivity index (χ0n) is 11.8. The summed E-state index contributed by atoms with van der Waals surface area (Å²) in [6, 6.07) is 7.66. The van der Waals surface area contributed by atoms with Gasteiger partial charge in [-0.1, -0.05) is 12.1 Å². The summed E-state index contributed by atoms with van der Waals surface area (Å²) >= 11 is 0. The van der Waals surface area contributed by atoms with Crippen molar-refractivity contribution in [3.8, 4) is 11.4 Å². The van der Waals surface area contributed by atoms with E-state index in [2.05, 4.69) is 10.3 Å². The molecule has 0 saturated heterocycles. The molecule has 0 fully saturated rings.